The van der Waals surface area contributed by atoms with Crippen LogP contribution in [-0.2, 0) is 11.2 Å². The summed E-state index contributed by atoms with van der Waals surface area (Å²) < 4.78 is 21.2. The van der Waals surface area contributed by atoms with Gasteiger partial charge in [0.25, 0.3) is 0 Å². The summed E-state index contributed by atoms with van der Waals surface area (Å²) in [7, 11) is 0. The van der Waals surface area contributed by atoms with Crippen LogP contribution in [-0.4, -0.2) is 23.0 Å². The molecule has 8 nitrogen and oxygen atoms in total. The number of pyridine rings is 1. The van der Waals surface area contributed by atoms with Crippen molar-refractivity contribution in [3.63, 3.8) is 0 Å². The smallest absolute Gasteiger partial charge is 0.231 e. The Labute approximate surface area is 226 Å². The summed E-state index contributed by atoms with van der Waals surface area (Å²) in [6, 6.07) is 17.7. The van der Waals surface area contributed by atoms with E-state index in [-0.39, 0.29) is 17.3 Å². The fraction of sp³-hybridized carbons (Fsp3) is 0.379. The van der Waals surface area contributed by atoms with Gasteiger partial charge >= 0.3 is 0 Å². The molecule has 198 valence electrons. The zero-order valence-corrected chi connectivity index (χ0v) is 22.5. The number of aromatic nitrogens is 1. The largest absolute Gasteiger partial charge is 0.486 e. The molecule has 0 saturated carbocycles. The minimum absolute atomic E-state index is 0.0522. The first kappa shape index (κ1) is 26.0. The second-order valence-corrected chi connectivity index (χ2v) is 11.2. The number of nitrogens with zero attached hydrogens (tertiary/aromatic N) is 2. The summed E-state index contributed by atoms with van der Waals surface area (Å²) >= 11 is 1.46. The number of hydrogen-bond acceptors (Lipinski definition) is 8. The zero-order valence-electron chi connectivity index (χ0n) is 21.7. The lowest BCUT2D eigenvalue weighted by molar-refractivity contribution is -0.118. The van der Waals surface area contributed by atoms with Crippen molar-refractivity contribution in [1.82, 2.24) is 9.71 Å². The van der Waals surface area contributed by atoms with Crippen LogP contribution in [0, 0.1) is 11.8 Å². The van der Waals surface area contributed by atoms with E-state index >= 15 is 0 Å². The second-order valence-electron chi connectivity index (χ2n) is 10.2. The highest BCUT2D eigenvalue weighted by Gasteiger charge is 2.28. The lowest BCUT2D eigenvalue weighted by Crippen LogP contribution is -2.19. The summed E-state index contributed by atoms with van der Waals surface area (Å²) in [5.74, 6) is 2.84. The number of rotatable bonds is 10. The van der Waals surface area contributed by atoms with Crippen LogP contribution in [0.2, 0.25) is 0 Å². The van der Waals surface area contributed by atoms with E-state index in [0.29, 0.717) is 31.1 Å². The van der Waals surface area contributed by atoms with Gasteiger partial charge in [0.15, 0.2) is 0 Å². The molecule has 1 amide bonds. The molecule has 9 heteroatoms. The molecule has 38 heavy (non-hydrogen) atoms. The van der Waals surface area contributed by atoms with Crippen molar-refractivity contribution in [2.75, 3.05) is 6.61 Å². The Bertz CT molecular complexity index is 1330. The Morgan fingerprint density at radius 1 is 1.11 bits per heavy atom. The molecular weight excluding hydrogens is 502 g/mol. The van der Waals surface area contributed by atoms with Gasteiger partial charge in [-0.15, -0.1) is 0 Å². The average Bonchev–Trinajstić information content (AvgIpc) is 3.53. The quantitative estimate of drug-likeness (QED) is 0.227. The molecule has 3 aromatic rings. The number of carbonyl (C=O) groups is 1. The molecule has 1 aliphatic heterocycles. The lowest BCUT2D eigenvalue weighted by atomic mass is 10.0. The average molecular weight is 534 g/mol. The summed E-state index contributed by atoms with van der Waals surface area (Å²) in [6.45, 7) is 5.80. The Kier molecular flexibility index (Phi) is 7.56. The third-order valence-electron chi connectivity index (χ3n) is 6.83. The molecule has 0 spiro atoms. The molecule has 1 saturated heterocycles. The van der Waals surface area contributed by atoms with Crippen LogP contribution in [0.3, 0.4) is 0 Å². The molecular formula is C29H31N3O5S. The number of fused-ring (bicyclic) bond motifs is 1. The first-order valence-corrected chi connectivity index (χ1v) is 13.6. The normalized spacial score (nSPS) is 18.6. The highest BCUT2D eigenvalue weighted by molar-refractivity contribution is 7.98. The van der Waals surface area contributed by atoms with Gasteiger partial charge in [-0.25, -0.2) is 4.98 Å². The van der Waals surface area contributed by atoms with E-state index < -0.39 is 5.54 Å². The highest BCUT2D eigenvalue weighted by Crippen LogP contribution is 2.42. The minimum atomic E-state index is -0.662. The van der Waals surface area contributed by atoms with Crippen molar-refractivity contribution in [3.8, 4) is 23.1 Å². The molecule has 2 heterocycles. The molecule has 1 unspecified atom stereocenters. The molecule has 1 N–H and O–H groups in total. The van der Waals surface area contributed by atoms with E-state index in [1.807, 2.05) is 49.4 Å². The molecule has 1 aliphatic carbocycles. The van der Waals surface area contributed by atoms with Crippen molar-refractivity contribution < 1.29 is 19.0 Å². The van der Waals surface area contributed by atoms with Crippen LogP contribution in [0.1, 0.15) is 66.8 Å². The van der Waals surface area contributed by atoms with E-state index in [2.05, 4.69) is 20.9 Å². The maximum atomic E-state index is 11.5. The van der Waals surface area contributed by atoms with Gasteiger partial charge in [-0.3, -0.25) is 9.52 Å². The van der Waals surface area contributed by atoms with E-state index in [1.165, 1.54) is 11.9 Å². The number of benzene rings is 2. The topological polar surface area (TPSA) is 99.1 Å². The van der Waals surface area contributed by atoms with Crippen molar-refractivity contribution in [2.24, 2.45) is 5.18 Å². The van der Waals surface area contributed by atoms with Gasteiger partial charge in [0.2, 0.25) is 11.8 Å². The summed E-state index contributed by atoms with van der Waals surface area (Å²) in [4.78, 5) is 26.9. The van der Waals surface area contributed by atoms with Gasteiger partial charge in [-0.2, -0.15) is 4.91 Å². The molecule has 2 atom stereocenters. The third kappa shape index (κ3) is 5.93. The fourth-order valence-electron chi connectivity index (χ4n) is 4.58. The zero-order chi connectivity index (χ0) is 26.7. The van der Waals surface area contributed by atoms with E-state index in [4.69, 9.17) is 14.2 Å². The maximum absolute atomic E-state index is 11.5. The van der Waals surface area contributed by atoms with Gasteiger partial charge in [-0.1, -0.05) is 29.4 Å². The Morgan fingerprint density at radius 3 is 2.63 bits per heavy atom. The Hall–Kier alpha value is -3.59. The molecule has 2 aliphatic rings. The third-order valence-corrected chi connectivity index (χ3v) is 7.90. The van der Waals surface area contributed by atoms with E-state index in [9.17, 15) is 9.70 Å². The second kappa shape index (κ2) is 11.0. The monoisotopic (exact) mass is 533 g/mol. The van der Waals surface area contributed by atoms with E-state index in [0.717, 1.165) is 46.7 Å². The Morgan fingerprint density at radius 2 is 1.92 bits per heavy atom. The number of nitroso groups, excluding NO2 is 1. The van der Waals surface area contributed by atoms with Gasteiger partial charge in [0, 0.05) is 24.5 Å². The fourth-order valence-corrected chi connectivity index (χ4v) is 5.47. The molecule has 2 aromatic carbocycles. The van der Waals surface area contributed by atoms with Gasteiger partial charge in [-0.05, 0) is 81.0 Å². The first-order valence-electron chi connectivity index (χ1n) is 12.8. The number of hydrogen-bond donors (Lipinski definition) is 1. The van der Waals surface area contributed by atoms with Crippen LogP contribution >= 0.6 is 11.9 Å². The van der Waals surface area contributed by atoms with Crippen molar-refractivity contribution >= 4 is 17.9 Å². The molecule has 5 rings (SSSR count). The van der Waals surface area contributed by atoms with Gasteiger partial charge in [0.1, 0.15) is 28.9 Å². The highest BCUT2D eigenvalue weighted by atomic mass is 32.2. The van der Waals surface area contributed by atoms with Crippen LogP contribution < -0.4 is 18.9 Å². The summed E-state index contributed by atoms with van der Waals surface area (Å²) in [5.41, 5.74) is 3.45. The molecule has 1 aromatic heterocycles. The Balaban J connectivity index is 1.23. The molecule has 0 bridgehead atoms. The number of amides is 1. The number of aryl methyl sites for hydroxylation is 1. The van der Waals surface area contributed by atoms with Gasteiger partial charge < -0.3 is 14.2 Å². The van der Waals surface area contributed by atoms with Crippen LogP contribution in [0.5, 0.6) is 23.1 Å². The van der Waals surface area contributed by atoms with Crippen molar-refractivity contribution in [2.45, 2.75) is 63.3 Å². The standard InChI is InChI=1S/C29H31N3O5S/c1-18-23(13-14-28(30-18)35-16-15-29(2,3)32-34)37-24-6-4-5-21-22(24)11-12-25(21)36-20-9-7-19(8-10-20)26-17-27(33)31-38-26/h4-10,13-14,25-26H,11-12,15-17H2,1-3H3,(H,31,33)/t25-,26?/m1/s1. The number of carbonyl (C=O) groups excluding carboxylic acids is 1. The summed E-state index contributed by atoms with van der Waals surface area (Å²) in [5, 5.41) is 3.26. The predicted octanol–water partition coefficient (Wildman–Crippen LogP) is 6.77. The first-order chi connectivity index (χ1) is 18.3. The van der Waals surface area contributed by atoms with Crippen LogP contribution in [0.25, 0.3) is 0 Å². The van der Waals surface area contributed by atoms with E-state index in [1.54, 1.807) is 19.9 Å². The summed E-state index contributed by atoms with van der Waals surface area (Å²) in [6.07, 6.45) is 2.69. The predicted molar refractivity (Wildman–Crippen MR) is 147 cm³/mol. The lowest BCUT2D eigenvalue weighted by Gasteiger charge is -2.17. The van der Waals surface area contributed by atoms with Gasteiger partial charge in [0.05, 0.1) is 17.6 Å². The molecule has 1 fully saturated rings. The van der Waals surface area contributed by atoms with Crippen LogP contribution in [0.4, 0.5) is 0 Å². The van der Waals surface area contributed by atoms with Crippen molar-refractivity contribution in [1.29, 1.82) is 0 Å². The number of ether oxygens (including phenoxy) is 3. The molecule has 0 radical (unpaired) electrons. The SMILES string of the molecule is Cc1nc(OCCC(C)(C)N=O)ccc1Oc1cccc2c1CC[C@H]2Oc1ccc(C2CC(=O)NS2)cc1. The van der Waals surface area contributed by atoms with Crippen LogP contribution in [0.15, 0.2) is 59.8 Å². The van der Waals surface area contributed by atoms with Crippen molar-refractivity contribution in [3.05, 3.63) is 81.9 Å². The minimum Gasteiger partial charge on any atom is -0.486 e. The maximum Gasteiger partial charge on any atom is 0.231 e. The number of nitrogens with one attached hydrogen (secondary N) is 1.